The van der Waals surface area contributed by atoms with Crippen molar-refractivity contribution in [2.75, 3.05) is 23.7 Å². The van der Waals surface area contributed by atoms with Gasteiger partial charge in [0.15, 0.2) is 5.65 Å². The van der Waals surface area contributed by atoms with Gasteiger partial charge < -0.3 is 15.2 Å². The van der Waals surface area contributed by atoms with E-state index in [1.165, 1.54) is 22.9 Å². The second-order valence-electron chi connectivity index (χ2n) is 11.7. The average molecular weight is 614 g/mol. The number of nitrogens with two attached hydrogens (primary N) is 1. The van der Waals surface area contributed by atoms with E-state index < -0.39 is 18.0 Å². The van der Waals surface area contributed by atoms with Gasteiger partial charge in [-0.25, -0.2) is 19.3 Å². The first kappa shape index (κ1) is 28.5. The lowest BCUT2D eigenvalue weighted by molar-refractivity contribution is 0.175. The zero-order valence-electron chi connectivity index (χ0n) is 23.2. The van der Waals surface area contributed by atoms with Crippen molar-refractivity contribution in [2.45, 2.75) is 67.3 Å². The highest BCUT2D eigenvalue weighted by Crippen LogP contribution is 2.53. The summed E-state index contributed by atoms with van der Waals surface area (Å²) in [6.45, 7) is 6.72. The number of pyridine rings is 1. The Labute approximate surface area is 251 Å². The van der Waals surface area contributed by atoms with Gasteiger partial charge in [-0.2, -0.15) is 0 Å². The minimum absolute atomic E-state index is 0.000132. The number of nitrogens with zero attached hydrogens (tertiary/aromatic N) is 5. The third-order valence-corrected chi connectivity index (χ3v) is 11.4. The molecule has 2 atom stereocenters. The first-order chi connectivity index (χ1) is 19.6. The molecule has 2 aliphatic rings. The minimum atomic E-state index is -1.20. The molecule has 12 heteroatoms. The summed E-state index contributed by atoms with van der Waals surface area (Å²) in [6, 6.07) is 10.2. The highest BCUT2D eigenvalue weighted by atomic mass is 35.5. The fourth-order valence-electron chi connectivity index (χ4n) is 5.91. The summed E-state index contributed by atoms with van der Waals surface area (Å²) in [5.41, 5.74) is 9.32. The summed E-state index contributed by atoms with van der Waals surface area (Å²) in [6.07, 6.45) is 7.84. The first-order valence-electron chi connectivity index (χ1n) is 13.6. The van der Waals surface area contributed by atoms with E-state index in [1.807, 2.05) is 31.4 Å². The van der Waals surface area contributed by atoms with E-state index in [0.717, 1.165) is 32.4 Å². The van der Waals surface area contributed by atoms with Crippen molar-refractivity contribution in [2.24, 2.45) is 5.41 Å². The number of piperidine rings is 1. The fourth-order valence-corrected chi connectivity index (χ4v) is 8.09. The van der Waals surface area contributed by atoms with Gasteiger partial charge in [0.1, 0.15) is 17.2 Å². The number of alkyl halides is 1. The summed E-state index contributed by atoms with van der Waals surface area (Å²) >= 11 is 6.49. The minimum Gasteiger partial charge on any atom is -0.598 e. The molecule has 1 aliphatic heterocycles. The summed E-state index contributed by atoms with van der Waals surface area (Å²) in [5.74, 6) is 0.890. The topological polar surface area (TPSA) is 107 Å². The largest absolute Gasteiger partial charge is 0.598 e. The molecule has 0 amide bonds. The molecule has 1 fully saturated rings. The Morgan fingerprint density at radius 1 is 1.20 bits per heavy atom. The van der Waals surface area contributed by atoms with Crippen molar-refractivity contribution < 1.29 is 8.94 Å². The van der Waals surface area contributed by atoms with Crippen LogP contribution in [0.5, 0.6) is 0 Å². The van der Waals surface area contributed by atoms with Crippen molar-refractivity contribution in [3.63, 3.8) is 0 Å². The fraction of sp³-hybridized carbons (Fsp3) is 0.414. The van der Waals surface area contributed by atoms with Crippen LogP contribution in [0, 0.1) is 5.41 Å². The molecular weight excluding hydrogens is 581 g/mol. The van der Waals surface area contributed by atoms with Gasteiger partial charge in [0, 0.05) is 53.4 Å². The van der Waals surface area contributed by atoms with E-state index >= 15 is 0 Å². The van der Waals surface area contributed by atoms with Crippen LogP contribution in [0.2, 0.25) is 5.02 Å². The Morgan fingerprint density at radius 2 is 1.95 bits per heavy atom. The van der Waals surface area contributed by atoms with Gasteiger partial charge >= 0.3 is 0 Å². The maximum Gasteiger partial charge on any atom is 0.211 e. The number of aromatic nitrogens is 4. The van der Waals surface area contributed by atoms with Crippen molar-refractivity contribution in [1.29, 1.82) is 0 Å². The number of fused-ring (bicyclic) bond motifs is 2. The molecule has 216 valence electrons. The van der Waals surface area contributed by atoms with E-state index in [-0.39, 0.29) is 22.0 Å². The van der Waals surface area contributed by atoms with E-state index in [4.69, 9.17) is 22.3 Å². The first-order valence-corrected chi connectivity index (χ1v) is 16.0. The van der Waals surface area contributed by atoms with Crippen molar-refractivity contribution in [1.82, 2.24) is 24.1 Å². The van der Waals surface area contributed by atoms with Gasteiger partial charge in [0.25, 0.3) is 0 Å². The van der Waals surface area contributed by atoms with Crippen LogP contribution in [0.15, 0.2) is 58.7 Å². The van der Waals surface area contributed by atoms with Crippen LogP contribution in [0.25, 0.3) is 5.65 Å². The quantitative estimate of drug-likeness (QED) is 0.258. The number of imidazole rings is 1. The predicted octanol–water partition coefficient (Wildman–Crippen LogP) is 5.92. The number of hydrogen-bond donors (Lipinski definition) is 2. The van der Waals surface area contributed by atoms with Crippen molar-refractivity contribution in [3.8, 4) is 0 Å². The normalized spacial score (nSPS) is 19.2. The summed E-state index contributed by atoms with van der Waals surface area (Å²) in [5, 5.41) is 0.325. The molecule has 6 rings (SSSR count). The lowest BCUT2D eigenvalue weighted by Crippen LogP contribution is -2.50. The second-order valence-corrected chi connectivity index (χ2v) is 15.1. The molecule has 1 spiro atoms. The lowest BCUT2D eigenvalue weighted by atomic mass is 9.73. The van der Waals surface area contributed by atoms with Gasteiger partial charge in [-0.1, -0.05) is 47.6 Å². The number of anilines is 2. The van der Waals surface area contributed by atoms with Gasteiger partial charge in [0.05, 0.1) is 21.7 Å². The standard InChI is InChI=1S/C29H33ClFN7OS2/c1-28(2,3)41(39)36-24-19-7-5-4-6-18(19)16-29(24)9-13-37(14-10-29)27-35-20(17-31)23(26-34-12-15-38(26)27)40-21-8-11-33-25(32)22(21)30/h4-8,11-12,15,24,36H,9-10,13-14,16-17H2,1-3H3,(H2,32,33)/t24-,41?/m1/s1. The smallest absolute Gasteiger partial charge is 0.211 e. The molecule has 1 aromatic carbocycles. The SMILES string of the molecule is CC(C)(C)[S+]([O-])N[C@@H]1c2ccccc2CC12CCN(c1nc(CF)c(Sc3ccnc(N)c3Cl)c3nccn13)CC2. The van der Waals surface area contributed by atoms with Crippen LogP contribution >= 0.6 is 23.4 Å². The number of nitrogen functional groups attached to an aromatic ring is 1. The van der Waals surface area contributed by atoms with Crippen LogP contribution in [-0.2, 0) is 24.5 Å². The zero-order valence-corrected chi connectivity index (χ0v) is 25.6. The third-order valence-electron chi connectivity index (χ3n) is 8.12. The zero-order chi connectivity index (χ0) is 28.9. The Bertz CT molecular complexity index is 1590. The molecule has 3 aromatic heterocycles. The summed E-state index contributed by atoms with van der Waals surface area (Å²) in [4.78, 5) is 16.9. The predicted molar refractivity (Wildman–Crippen MR) is 163 cm³/mol. The molecule has 4 aromatic rings. The highest BCUT2D eigenvalue weighted by molar-refractivity contribution is 7.99. The Morgan fingerprint density at radius 3 is 2.68 bits per heavy atom. The highest BCUT2D eigenvalue weighted by Gasteiger charge is 2.50. The van der Waals surface area contributed by atoms with Gasteiger partial charge in [0.2, 0.25) is 5.95 Å². The van der Waals surface area contributed by atoms with E-state index in [1.54, 1.807) is 18.5 Å². The van der Waals surface area contributed by atoms with Gasteiger partial charge in [-0.15, -0.1) is 4.72 Å². The van der Waals surface area contributed by atoms with Gasteiger partial charge in [-0.3, -0.25) is 4.40 Å². The molecule has 1 unspecified atom stereocenters. The van der Waals surface area contributed by atoms with E-state index in [9.17, 15) is 8.94 Å². The molecule has 41 heavy (non-hydrogen) atoms. The van der Waals surface area contributed by atoms with E-state index in [2.05, 4.69) is 43.9 Å². The van der Waals surface area contributed by atoms with Crippen LogP contribution < -0.4 is 15.4 Å². The lowest BCUT2D eigenvalue weighted by Gasteiger charge is -2.44. The van der Waals surface area contributed by atoms with Gasteiger partial charge in [-0.05, 0) is 57.2 Å². The number of nitrogens with one attached hydrogen (secondary N) is 1. The van der Waals surface area contributed by atoms with Crippen LogP contribution in [0.4, 0.5) is 16.2 Å². The summed E-state index contributed by atoms with van der Waals surface area (Å²) in [7, 11) is 0. The maximum absolute atomic E-state index is 14.5. The molecular formula is C29H33ClFN7OS2. The third kappa shape index (κ3) is 5.16. The number of rotatable bonds is 6. The van der Waals surface area contributed by atoms with Crippen molar-refractivity contribution in [3.05, 3.63) is 70.8 Å². The summed E-state index contributed by atoms with van der Waals surface area (Å²) < 4.78 is 32.8. The Hall–Kier alpha value is -2.57. The molecule has 0 radical (unpaired) electrons. The Balaban J connectivity index is 1.30. The van der Waals surface area contributed by atoms with Crippen LogP contribution in [-0.4, -0.2) is 41.7 Å². The average Bonchev–Trinajstić information content (AvgIpc) is 3.55. The van der Waals surface area contributed by atoms with E-state index in [0.29, 0.717) is 32.1 Å². The molecule has 1 saturated heterocycles. The maximum atomic E-state index is 14.5. The monoisotopic (exact) mass is 613 g/mol. The molecule has 1 aliphatic carbocycles. The molecule has 0 saturated carbocycles. The Kier molecular flexibility index (Phi) is 7.61. The molecule has 0 bridgehead atoms. The number of benzene rings is 1. The molecule has 8 nitrogen and oxygen atoms in total. The number of halogens is 2. The number of hydrogen-bond acceptors (Lipinski definition) is 8. The van der Waals surface area contributed by atoms with Crippen LogP contribution in [0.1, 0.15) is 56.5 Å². The second kappa shape index (κ2) is 10.9. The molecule has 3 N–H and O–H groups in total. The van der Waals surface area contributed by atoms with Crippen LogP contribution in [0.3, 0.4) is 0 Å². The van der Waals surface area contributed by atoms with Crippen molar-refractivity contribution >= 4 is 52.1 Å². The molecule has 4 heterocycles.